The molecule has 2 fully saturated rings. The molecule has 4 nitrogen and oxygen atoms in total. The Morgan fingerprint density at radius 2 is 2.20 bits per heavy atom. The quantitative estimate of drug-likeness (QED) is 0.917. The van der Waals surface area contributed by atoms with Gasteiger partial charge < -0.3 is 9.64 Å². The smallest absolute Gasteiger partial charge is 0.238 e. The number of benzene rings is 1. The molecule has 0 saturated carbocycles. The van der Waals surface area contributed by atoms with E-state index in [1.807, 2.05) is 0 Å². The minimum Gasteiger partial charge on any atom is -0.376 e. The molecule has 2 saturated heterocycles. The Kier molecular flexibility index (Phi) is 3.98. The Labute approximate surface area is 117 Å². The first-order chi connectivity index (χ1) is 9.75. The van der Waals surface area contributed by atoms with E-state index in [4.69, 9.17) is 4.74 Å². The van der Waals surface area contributed by atoms with Gasteiger partial charge >= 0.3 is 0 Å². The Hall–Kier alpha value is -1.46. The van der Waals surface area contributed by atoms with Crippen LogP contribution in [-0.2, 0) is 9.53 Å². The molecule has 108 valence electrons. The van der Waals surface area contributed by atoms with Gasteiger partial charge in [-0.3, -0.25) is 10.1 Å². The van der Waals surface area contributed by atoms with Crippen LogP contribution in [0.2, 0.25) is 0 Å². The number of carbonyl (C=O) groups excluding carboxylic acids is 1. The van der Waals surface area contributed by atoms with Gasteiger partial charge in [0.15, 0.2) is 0 Å². The van der Waals surface area contributed by atoms with E-state index in [1.165, 1.54) is 6.07 Å². The van der Waals surface area contributed by atoms with Crippen LogP contribution in [0.1, 0.15) is 31.0 Å². The molecule has 20 heavy (non-hydrogen) atoms. The number of nitrogens with one attached hydrogen (secondary N) is 1. The van der Waals surface area contributed by atoms with Crippen molar-refractivity contribution in [1.29, 1.82) is 0 Å². The van der Waals surface area contributed by atoms with Crippen molar-refractivity contribution in [3.8, 4) is 0 Å². The van der Waals surface area contributed by atoms with Gasteiger partial charge in [-0.1, -0.05) is 18.2 Å². The van der Waals surface area contributed by atoms with Crippen molar-refractivity contribution in [2.75, 3.05) is 19.7 Å². The normalized spacial score (nSPS) is 27.1. The van der Waals surface area contributed by atoms with Gasteiger partial charge in [0.1, 0.15) is 12.0 Å². The SMILES string of the molecule is O=C1CNC(c2ccccc2F)N1CC1CCCCO1. The van der Waals surface area contributed by atoms with E-state index in [0.717, 1.165) is 25.9 Å². The van der Waals surface area contributed by atoms with Gasteiger partial charge in [-0.15, -0.1) is 0 Å². The molecule has 1 amide bonds. The van der Waals surface area contributed by atoms with Crippen molar-refractivity contribution in [2.24, 2.45) is 0 Å². The lowest BCUT2D eigenvalue weighted by atomic mass is 10.1. The van der Waals surface area contributed by atoms with Gasteiger partial charge in [0.25, 0.3) is 0 Å². The van der Waals surface area contributed by atoms with Crippen LogP contribution in [0.15, 0.2) is 24.3 Å². The second-order valence-corrected chi connectivity index (χ2v) is 5.34. The van der Waals surface area contributed by atoms with Crippen LogP contribution in [0, 0.1) is 5.82 Å². The summed E-state index contributed by atoms with van der Waals surface area (Å²) in [5.41, 5.74) is 0.522. The molecule has 1 N–H and O–H groups in total. The summed E-state index contributed by atoms with van der Waals surface area (Å²) in [5, 5.41) is 3.08. The number of carbonyl (C=O) groups is 1. The fraction of sp³-hybridized carbons (Fsp3) is 0.533. The summed E-state index contributed by atoms with van der Waals surface area (Å²) in [5.74, 6) is -0.276. The summed E-state index contributed by atoms with van der Waals surface area (Å²) in [6, 6.07) is 6.60. The third-order valence-electron chi connectivity index (χ3n) is 3.95. The second-order valence-electron chi connectivity index (χ2n) is 5.34. The molecule has 0 bridgehead atoms. The molecule has 2 aliphatic rings. The van der Waals surface area contributed by atoms with Gasteiger partial charge in [-0.25, -0.2) is 4.39 Å². The highest BCUT2D eigenvalue weighted by molar-refractivity contribution is 5.81. The van der Waals surface area contributed by atoms with Crippen LogP contribution in [0.25, 0.3) is 0 Å². The first-order valence-electron chi connectivity index (χ1n) is 7.14. The Morgan fingerprint density at radius 3 is 2.95 bits per heavy atom. The van der Waals surface area contributed by atoms with E-state index in [1.54, 1.807) is 23.1 Å². The molecular weight excluding hydrogens is 259 g/mol. The lowest BCUT2D eigenvalue weighted by Crippen LogP contribution is -2.39. The summed E-state index contributed by atoms with van der Waals surface area (Å²) in [4.78, 5) is 13.7. The third-order valence-corrected chi connectivity index (χ3v) is 3.95. The average molecular weight is 278 g/mol. The van der Waals surface area contributed by atoms with E-state index >= 15 is 0 Å². The van der Waals surface area contributed by atoms with E-state index < -0.39 is 0 Å². The van der Waals surface area contributed by atoms with Crippen LogP contribution in [0.5, 0.6) is 0 Å². The number of hydrogen-bond donors (Lipinski definition) is 1. The number of halogens is 1. The first kappa shape index (κ1) is 13.5. The minimum absolute atomic E-state index is 0.00688. The maximum Gasteiger partial charge on any atom is 0.238 e. The molecular formula is C15H19FN2O2. The zero-order valence-electron chi connectivity index (χ0n) is 11.3. The van der Waals surface area contributed by atoms with Crippen molar-refractivity contribution in [3.63, 3.8) is 0 Å². The molecule has 0 radical (unpaired) electrons. The predicted octanol–water partition coefficient (Wildman–Crippen LogP) is 1.83. The highest BCUT2D eigenvalue weighted by Gasteiger charge is 2.34. The lowest BCUT2D eigenvalue weighted by Gasteiger charge is -2.31. The summed E-state index contributed by atoms with van der Waals surface area (Å²) in [6.45, 7) is 1.54. The van der Waals surface area contributed by atoms with Crippen molar-refractivity contribution >= 4 is 5.91 Å². The monoisotopic (exact) mass is 278 g/mol. The van der Waals surface area contributed by atoms with E-state index in [9.17, 15) is 9.18 Å². The summed E-state index contributed by atoms with van der Waals surface area (Å²) in [7, 11) is 0. The molecule has 3 rings (SSSR count). The average Bonchev–Trinajstić information content (AvgIpc) is 2.82. The van der Waals surface area contributed by atoms with Crippen LogP contribution in [0.4, 0.5) is 4.39 Å². The fourth-order valence-electron chi connectivity index (χ4n) is 2.89. The maximum absolute atomic E-state index is 13.9. The van der Waals surface area contributed by atoms with E-state index in [2.05, 4.69) is 5.32 Å². The molecule has 0 aliphatic carbocycles. The maximum atomic E-state index is 13.9. The Bertz CT molecular complexity index is 489. The number of nitrogens with zero attached hydrogens (tertiary/aromatic N) is 1. The van der Waals surface area contributed by atoms with Crippen LogP contribution in [-0.4, -0.2) is 36.6 Å². The molecule has 2 unspecified atom stereocenters. The Balaban J connectivity index is 1.76. The lowest BCUT2D eigenvalue weighted by molar-refractivity contribution is -0.130. The molecule has 5 heteroatoms. The van der Waals surface area contributed by atoms with Crippen LogP contribution >= 0.6 is 0 Å². The Morgan fingerprint density at radius 1 is 1.35 bits per heavy atom. The van der Waals surface area contributed by atoms with Crippen molar-refractivity contribution in [2.45, 2.75) is 31.5 Å². The number of rotatable bonds is 3. The second kappa shape index (κ2) is 5.89. The van der Waals surface area contributed by atoms with Gasteiger partial charge in [0, 0.05) is 18.7 Å². The molecule has 0 spiro atoms. The predicted molar refractivity (Wildman–Crippen MR) is 72.4 cm³/mol. The minimum atomic E-state index is -0.380. The summed E-state index contributed by atoms with van der Waals surface area (Å²) in [6.07, 6.45) is 2.87. The third kappa shape index (κ3) is 2.69. The number of hydrogen-bond acceptors (Lipinski definition) is 3. The highest BCUT2D eigenvalue weighted by Crippen LogP contribution is 2.26. The summed E-state index contributed by atoms with van der Waals surface area (Å²) >= 11 is 0. The molecule has 2 aliphatic heterocycles. The summed E-state index contributed by atoms with van der Waals surface area (Å²) < 4.78 is 19.6. The highest BCUT2D eigenvalue weighted by atomic mass is 19.1. The van der Waals surface area contributed by atoms with E-state index in [0.29, 0.717) is 12.1 Å². The largest absolute Gasteiger partial charge is 0.376 e. The molecule has 2 heterocycles. The first-order valence-corrected chi connectivity index (χ1v) is 7.14. The van der Waals surface area contributed by atoms with Crippen LogP contribution in [0.3, 0.4) is 0 Å². The van der Waals surface area contributed by atoms with Crippen molar-refractivity contribution in [3.05, 3.63) is 35.6 Å². The zero-order valence-corrected chi connectivity index (χ0v) is 11.3. The molecule has 2 atom stereocenters. The number of ether oxygens (including phenoxy) is 1. The van der Waals surface area contributed by atoms with Gasteiger partial charge in [0.05, 0.1) is 12.6 Å². The molecule has 0 aromatic heterocycles. The van der Waals surface area contributed by atoms with Gasteiger partial charge in [0.2, 0.25) is 5.91 Å². The van der Waals surface area contributed by atoms with Gasteiger partial charge in [-0.05, 0) is 25.3 Å². The van der Waals surface area contributed by atoms with E-state index in [-0.39, 0.29) is 30.5 Å². The van der Waals surface area contributed by atoms with Crippen LogP contribution < -0.4 is 5.32 Å². The topological polar surface area (TPSA) is 41.6 Å². The standard InChI is InChI=1S/C15H19FN2O2/c16-13-7-2-1-6-12(13)15-17-9-14(19)18(15)10-11-5-3-4-8-20-11/h1-2,6-7,11,15,17H,3-5,8-10H2. The van der Waals surface area contributed by atoms with Gasteiger partial charge in [-0.2, -0.15) is 0 Å². The molecule has 1 aromatic carbocycles. The van der Waals surface area contributed by atoms with Crippen molar-refractivity contribution in [1.82, 2.24) is 10.2 Å². The van der Waals surface area contributed by atoms with Crippen molar-refractivity contribution < 1.29 is 13.9 Å². The molecule has 1 aromatic rings. The zero-order chi connectivity index (χ0) is 13.9. The fourth-order valence-corrected chi connectivity index (χ4v) is 2.89. The number of amides is 1.